The molecule has 2 aromatic heterocycles. The number of imidazole rings is 1. The van der Waals surface area contributed by atoms with Crippen LogP contribution in [0, 0.1) is 18.3 Å². The molecule has 3 rings (SSSR count). The average Bonchev–Trinajstić information content (AvgIpc) is 3.31. The zero-order valence-electron chi connectivity index (χ0n) is 15.1. The summed E-state index contributed by atoms with van der Waals surface area (Å²) in [7, 11) is 0. The van der Waals surface area contributed by atoms with E-state index in [1.165, 1.54) is 11.3 Å². The highest BCUT2D eigenvalue weighted by molar-refractivity contribution is 7.14. The number of rotatable bonds is 7. The van der Waals surface area contributed by atoms with Gasteiger partial charge in [0.1, 0.15) is 18.2 Å². The van der Waals surface area contributed by atoms with Gasteiger partial charge >= 0.3 is 5.97 Å². The van der Waals surface area contributed by atoms with E-state index in [1.807, 2.05) is 31.2 Å². The van der Waals surface area contributed by atoms with Crippen LogP contribution in [0.5, 0.6) is 0 Å². The first-order valence-corrected chi connectivity index (χ1v) is 9.32. The average molecular weight is 395 g/mol. The summed E-state index contributed by atoms with van der Waals surface area (Å²) in [5.74, 6) is -0.972. The maximum Gasteiger partial charge on any atom is 0.306 e. The molecule has 0 unspecified atom stereocenters. The summed E-state index contributed by atoms with van der Waals surface area (Å²) in [6, 6.07) is 12.6. The van der Waals surface area contributed by atoms with E-state index in [0.29, 0.717) is 10.4 Å². The minimum absolute atomic E-state index is 0.0257. The summed E-state index contributed by atoms with van der Waals surface area (Å²) in [5, 5.41) is 19.5. The number of H-pyrrole nitrogens is 1. The van der Waals surface area contributed by atoms with Crippen LogP contribution in [0.1, 0.15) is 33.2 Å². The summed E-state index contributed by atoms with van der Waals surface area (Å²) >= 11 is 1.38. The number of allylic oxidation sites excluding steroid dienone is 1. The van der Waals surface area contributed by atoms with Crippen LogP contribution in [-0.2, 0) is 9.53 Å². The van der Waals surface area contributed by atoms with Crippen molar-refractivity contribution in [2.24, 2.45) is 0 Å². The number of aliphatic hydroxyl groups excluding tert-OH is 1. The lowest BCUT2D eigenvalue weighted by Gasteiger charge is -2.05. The molecule has 0 amide bonds. The summed E-state index contributed by atoms with van der Waals surface area (Å²) < 4.78 is 4.99. The number of aryl methyl sites for hydroxylation is 1. The molecule has 0 saturated heterocycles. The number of carbonyl (C=O) groups is 2. The van der Waals surface area contributed by atoms with Crippen molar-refractivity contribution in [3.8, 4) is 6.07 Å². The van der Waals surface area contributed by atoms with E-state index in [0.717, 1.165) is 10.4 Å². The van der Waals surface area contributed by atoms with Crippen molar-refractivity contribution in [2.45, 2.75) is 19.8 Å². The van der Waals surface area contributed by atoms with Gasteiger partial charge in [0.25, 0.3) is 0 Å². The zero-order valence-corrected chi connectivity index (χ0v) is 15.9. The molecule has 0 aliphatic heterocycles. The van der Waals surface area contributed by atoms with Gasteiger partial charge in [0.05, 0.1) is 22.3 Å². The van der Waals surface area contributed by atoms with Crippen LogP contribution in [0.4, 0.5) is 0 Å². The maximum atomic E-state index is 12.0. The van der Waals surface area contributed by atoms with Crippen LogP contribution < -0.4 is 0 Å². The lowest BCUT2D eigenvalue weighted by molar-refractivity contribution is -0.143. The number of nitrogens with one attached hydrogen (secondary N) is 1. The van der Waals surface area contributed by atoms with Gasteiger partial charge in [0.15, 0.2) is 17.4 Å². The topological polar surface area (TPSA) is 116 Å². The third kappa shape index (κ3) is 4.45. The predicted octanol–water partition coefficient (Wildman–Crippen LogP) is 3.93. The maximum absolute atomic E-state index is 12.0. The molecule has 0 bridgehead atoms. The number of esters is 1. The van der Waals surface area contributed by atoms with Crippen LogP contribution >= 0.6 is 11.3 Å². The van der Waals surface area contributed by atoms with Crippen LogP contribution in [0.25, 0.3) is 16.6 Å². The molecule has 7 nitrogen and oxygen atoms in total. The lowest BCUT2D eigenvalue weighted by Crippen LogP contribution is -2.10. The standard InChI is InChI=1S/C20H17N3O4S/c1-12-6-8-18(28-12)16(24)7-9-19(26)27-11-17(25)13(10-21)20-22-14-4-2-3-5-15(14)23-20/h2-6,8,25H,7,9,11H2,1H3,(H,22,23)/b17-13-. The first-order valence-electron chi connectivity index (χ1n) is 8.50. The van der Waals surface area contributed by atoms with Gasteiger partial charge in [0, 0.05) is 11.3 Å². The third-order valence-corrected chi connectivity index (χ3v) is 5.01. The Labute approximate surface area is 164 Å². The number of Topliss-reactive ketones (excluding diaryl/α,β-unsaturated/α-hetero) is 1. The van der Waals surface area contributed by atoms with Crippen LogP contribution in [0.2, 0.25) is 0 Å². The number of nitrogens with zero attached hydrogens (tertiary/aromatic N) is 2. The number of benzene rings is 1. The van der Waals surface area contributed by atoms with Gasteiger partial charge < -0.3 is 14.8 Å². The number of hydrogen-bond donors (Lipinski definition) is 2. The Morgan fingerprint density at radius 1 is 1.25 bits per heavy atom. The molecule has 1 aromatic carbocycles. The SMILES string of the molecule is Cc1ccc(C(=O)CCC(=O)OC/C(O)=C(\C#N)c2nc3ccccc3[nH]2)s1. The zero-order chi connectivity index (χ0) is 20.1. The van der Waals surface area contributed by atoms with Gasteiger partial charge in [-0.2, -0.15) is 5.26 Å². The molecular formula is C20H17N3O4S. The number of hydrogen-bond acceptors (Lipinski definition) is 7. The van der Waals surface area contributed by atoms with Gasteiger partial charge in [-0.1, -0.05) is 12.1 Å². The molecule has 0 spiro atoms. The number of thiophene rings is 1. The van der Waals surface area contributed by atoms with E-state index in [9.17, 15) is 20.0 Å². The number of aliphatic hydroxyl groups is 1. The van der Waals surface area contributed by atoms with Gasteiger partial charge in [-0.15, -0.1) is 11.3 Å². The second-order valence-corrected chi connectivity index (χ2v) is 7.32. The van der Waals surface area contributed by atoms with Crippen LogP contribution in [-0.4, -0.2) is 33.4 Å². The molecule has 2 N–H and O–H groups in total. The van der Waals surface area contributed by atoms with Gasteiger partial charge in [-0.3, -0.25) is 9.59 Å². The number of para-hydroxylation sites is 2. The highest BCUT2D eigenvalue weighted by atomic mass is 32.1. The van der Waals surface area contributed by atoms with Crippen molar-refractivity contribution in [1.29, 1.82) is 5.26 Å². The van der Waals surface area contributed by atoms with E-state index in [2.05, 4.69) is 9.97 Å². The molecule has 0 radical (unpaired) electrons. The Hall–Kier alpha value is -3.44. The van der Waals surface area contributed by atoms with E-state index in [1.54, 1.807) is 18.2 Å². The van der Waals surface area contributed by atoms with E-state index in [-0.39, 0.29) is 30.0 Å². The number of ketones is 1. The molecule has 0 saturated carbocycles. The molecule has 0 fully saturated rings. The summed E-state index contributed by atoms with van der Waals surface area (Å²) in [6.45, 7) is 1.44. The quantitative estimate of drug-likeness (QED) is 0.271. The Bertz CT molecular complexity index is 1070. The first-order chi connectivity index (χ1) is 13.5. The van der Waals surface area contributed by atoms with E-state index in [4.69, 9.17) is 4.74 Å². The molecule has 3 aromatic rings. The molecule has 0 aliphatic rings. The second kappa shape index (κ2) is 8.50. The fraction of sp³-hybridized carbons (Fsp3) is 0.200. The molecule has 0 aliphatic carbocycles. The smallest absolute Gasteiger partial charge is 0.306 e. The molecule has 2 heterocycles. The van der Waals surface area contributed by atoms with Crippen molar-refractivity contribution < 1.29 is 19.4 Å². The van der Waals surface area contributed by atoms with Crippen molar-refractivity contribution >= 4 is 39.7 Å². The highest BCUT2D eigenvalue weighted by Crippen LogP contribution is 2.20. The fourth-order valence-electron chi connectivity index (χ4n) is 2.54. The van der Waals surface area contributed by atoms with E-state index >= 15 is 0 Å². The van der Waals surface area contributed by atoms with Gasteiger partial charge in [-0.25, -0.2) is 4.98 Å². The molecule has 0 atom stereocenters. The van der Waals surface area contributed by atoms with Crippen LogP contribution in [0.3, 0.4) is 0 Å². The minimum Gasteiger partial charge on any atom is -0.507 e. The van der Waals surface area contributed by atoms with Crippen molar-refractivity contribution in [1.82, 2.24) is 9.97 Å². The Morgan fingerprint density at radius 3 is 2.71 bits per heavy atom. The largest absolute Gasteiger partial charge is 0.507 e. The van der Waals surface area contributed by atoms with Crippen molar-refractivity contribution in [3.63, 3.8) is 0 Å². The lowest BCUT2D eigenvalue weighted by atomic mass is 10.2. The predicted molar refractivity (Wildman–Crippen MR) is 105 cm³/mol. The highest BCUT2D eigenvalue weighted by Gasteiger charge is 2.16. The third-order valence-electron chi connectivity index (χ3n) is 3.97. The molecular weight excluding hydrogens is 378 g/mol. The van der Waals surface area contributed by atoms with Gasteiger partial charge in [-0.05, 0) is 31.2 Å². The monoisotopic (exact) mass is 395 g/mol. The number of fused-ring (bicyclic) bond motifs is 1. The Morgan fingerprint density at radius 2 is 2.04 bits per heavy atom. The normalized spacial score (nSPS) is 11.7. The molecule has 28 heavy (non-hydrogen) atoms. The number of nitriles is 1. The summed E-state index contributed by atoms with van der Waals surface area (Å²) in [5.41, 5.74) is 1.27. The minimum atomic E-state index is -0.630. The number of carbonyl (C=O) groups excluding carboxylic acids is 2. The Balaban J connectivity index is 1.59. The van der Waals surface area contributed by atoms with E-state index < -0.39 is 18.3 Å². The van der Waals surface area contributed by atoms with Gasteiger partial charge in [0.2, 0.25) is 0 Å². The molecule has 142 valence electrons. The Kier molecular flexibility index (Phi) is 5.87. The number of ether oxygens (including phenoxy) is 1. The van der Waals surface area contributed by atoms with Crippen molar-refractivity contribution in [3.05, 3.63) is 57.7 Å². The number of aromatic amines is 1. The van der Waals surface area contributed by atoms with Crippen LogP contribution in [0.15, 0.2) is 42.2 Å². The van der Waals surface area contributed by atoms with Crippen molar-refractivity contribution in [2.75, 3.05) is 6.61 Å². The second-order valence-electron chi connectivity index (χ2n) is 6.03. The fourth-order valence-corrected chi connectivity index (χ4v) is 3.38. The number of aromatic nitrogens is 2. The summed E-state index contributed by atoms with van der Waals surface area (Å²) in [6.07, 6.45) is -0.0759. The molecule has 8 heteroatoms. The summed E-state index contributed by atoms with van der Waals surface area (Å²) in [4.78, 5) is 32.7. The first kappa shape index (κ1) is 19.3.